The molecule has 0 saturated carbocycles. The average molecular weight is 226 g/mol. The summed E-state index contributed by atoms with van der Waals surface area (Å²) >= 11 is 0. The molecule has 92 valence electrons. The third-order valence-electron chi connectivity index (χ3n) is 2.26. The zero-order chi connectivity index (χ0) is 12.1. The lowest BCUT2D eigenvalue weighted by molar-refractivity contribution is -0.185. The van der Waals surface area contributed by atoms with E-state index in [2.05, 4.69) is 0 Å². The number of rotatable bonds is 6. The van der Waals surface area contributed by atoms with E-state index in [0.717, 1.165) is 0 Å². The number of hydrogen-bond acceptors (Lipinski definition) is 2. The van der Waals surface area contributed by atoms with Crippen molar-refractivity contribution in [2.45, 2.75) is 39.4 Å². The summed E-state index contributed by atoms with van der Waals surface area (Å²) in [7, 11) is 0. The lowest BCUT2D eigenvalue weighted by Gasteiger charge is -2.33. The number of halogens is 3. The van der Waals surface area contributed by atoms with Crippen LogP contribution >= 0.6 is 0 Å². The smallest absolute Gasteiger partial charge is 0.330 e. The first kappa shape index (κ1) is 14.7. The maximum atomic E-state index is 12.7. The molecule has 0 fully saturated rings. The molecule has 5 heteroatoms. The fraction of sp³-hybridized carbons (Fsp3) is 1.00. The van der Waals surface area contributed by atoms with Gasteiger partial charge in [0, 0.05) is 6.54 Å². The summed E-state index contributed by atoms with van der Waals surface area (Å²) in [4.78, 5) is 1.46. The fourth-order valence-electron chi connectivity index (χ4n) is 1.66. The molecule has 1 unspecified atom stereocenters. The lowest BCUT2D eigenvalue weighted by atomic mass is 10.1. The maximum absolute atomic E-state index is 12.7. The highest BCUT2D eigenvalue weighted by atomic mass is 19.4. The van der Waals surface area contributed by atoms with Gasteiger partial charge in [-0.1, -0.05) is 20.8 Å². The van der Waals surface area contributed by atoms with Gasteiger partial charge in [-0.05, 0) is 25.4 Å². The van der Waals surface area contributed by atoms with Gasteiger partial charge in [-0.2, -0.15) is 13.2 Å². The van der Waals surface area contributed by atoms with E-state index in [1.165, 1.54) is 4.90 Å². The van der Waals surface area contributed by atoms with Crippen LogP contribution in [0.15, 0.2) is 0 Å². The van der Waals surface area contributed by atoms with Crippen molar-refractivity contribution in [3.8, 4) is 0 Å². The van der Waals surface area contributed by atoms with Crippen LogP contribution in [0.25, 0.3) is 0 Å². The van der Waals surface area contributed by atoms with E-state index in [-0.39, 0.29) is 18.9 Å². The van der Waals surface area contributed by atoms with E-state index in [1.54, 1.807) is 6.92 Å². The molecule has 0 heterocycles. The second-order valence-corrected chi connectivity index (χ2v) is 4.12. The monoisotopic (exact) mass is 226 g/mol. The standard InChI is InChI=1S/C10H21F3N2/c1-4-15(7-8(2)3)9(5-6-14)10(11,12)13/h8-9H,4-7,14H2,1-3H3. The molecule has 0 amide bonds. The SMILES string of the molecule is CCN(CC(C)C)C(CCN)C(F)(F)F. The molecule has 0 aromatic carbocycles. The highest BCUT2D eigenvalue weighted by Gasteiger charge is 2.42. The van der Waals surface area contributed by atoms with Gasteiger partial charge >= 0.3 is 6.18 Å². The van der Waals surface area contributed by atoms with Crippen LogP contribution in [0.1, 0.15) is 27.2 Å². The Hall–Kier alpha value is -0.290. The number of alkyl halides is 3. The molecule has 0 radical (unpaired) electrons. The first-order chi connectivity index (χ1) is 6.82. The van der Waals surface area contributed by atoms with Gasteiger partial charge in [0.05, 0.1) is 0 Å². The van der Waals surface area contributed by atoms with Crippen molar-refractivity contribution >= 4 is 0 Å². The molecule has 2 N–H and O–H groups in total. The predicted octanol–water partition coefficient (Wildman–Crippen LogP) is 2.24. The van der Waals surface area contributed by atoms with Gasteiger partial charge in [0.25, 0.3) is 0 Å². The van der Waals surface area contributed by atoms with E-state index < -0.39 is 12.2 Å². The van der Waals surface area contributed by atoms with Crippen LogP contribution in [-0.2, 0) is 0 Å². The molecule has 0 rings (SSSR count). The van der Waals surface area contributed by atoms with E-state index >= 15 is 0 Å². The van der Waals surface area contributed by atoms with Crippen LogP contribution in [0.5, 0.6) is 0 Å². The van der Waals surface area contributed by atoms with E-state index in [4.69, 9.17) is 5.73 Å². The normalized spacial score (nSPS) is 15.0. The molecule has 15 heavy (non-hydrogen) atoms. The van der Waals surface area contributed by atoms with Gasteiger partial charge in [-0.25, -0.2) is 0 Å². The third-order valence-corrected chi connectivity index (χ3v) is 2.26. The summed E-state index contributed by atoms with van der Waals surface area (Å²) in [6.45, 7) is 6.51. The molecule has 0 spiro atoms. The second-order valence-electron chi connectivity index (χ2n) is 4.12. The second kappa shape index (κ2) is 6.33. The number of nitrogens with zero attached hydrogens (tertiary/aromatic N) is 1. The molecule has 0 saturated heterocycles. The van der Waals surface area contributed by atoms with Crippen molar-refractivity contribution in [1.29, 1.82) is 0 Å². The molecule has 0 aliphatic heterocycles. The minimum atomic E-state index is -4.18. The Morgan fingerprint density at radius 2 is 1.80 bits per heavy atom. The predicted molar refractivity (Wildman–Crippen MR) is 55.6 cm³/mol. The topological polar surface area (TPSA) is 29.3 Å². The van der Waals surface area contributed by atoms with Crippen molar-refractivity contribution < 1.29 is 13.2 Å². The van der Waals surface area contributed by atoms with Crippen molar-refractivity contribution in [2.24, 2.45) is 11.7 Å². The van der Waals surface area contributed by atoms with Gasteiger partial charge < -0.3 is 5.73 Å². The van der Waals surface area contributed by atoms with Gasteiger partial charge in [-0.3, -0.25) is 4.90 Å². The van der Waals surface area contributed by atoms with Crippen molar-refractivity contribution in [3.63, 3.8) is 0 Å². The van der Waals surface area contributed by atoms with E-state index in [1.807, 2.05) is 13.8 Å². The van der Waals surface area contributed by atoms with Crippen LogP contribution in [-0.4, -0.2) is 36.8 Å². The van der Waals surface area contributed by atoms with Crippen LogP contribution in [0.4, 0.5) is 13.2 Å². The molecule has 0 aliphatic carbocycles. The fourth-order valence-corrected chi connectivity index (χ4v) is 1.66. The van der Waals surface area contributed by atoms with Gasteiger partial charge in [0.2, 0.25) is 0 Å². The lowest BCUT2D eigenvalue weighted by Crippen LogP contribution is -2.48. The van der Waals surface area contributed by atoms with Crippen LogP contribution < -0.4 is 5.73 Å². The van der Waals surface area contributed by atoms with Crippen molar-refractivity contribution in [2.75, 3.05) is 19.6 Å². The first-order valence-electron chi connectivity index (χ1n) is 5.33. The summed E-state index contributed by atoms with van der Waals surface area (Å²) in [6, 6.07) is -1.39. The van der Waals surface area contributed by atoms with Crippen LogP contribution in [0.2, 0.25) is 0 Å². The first-order valence-corrected chi connectivity index (χ1v) is 5.33. The van der Waals surface area contributed by atoms with Gasteiger partial charge in [-0.15, -0.1) is 0 Å². The maximum Gasteiger partial charge on any atom is 0.404 e. The minimum absolute atomic E-state index is 0.0237. The molecule has 0 bridgehead atoms. The molecular weight excluding hydrogens is 205 g/mol. The summed E-state index contributed by atoms with van der Waals surface area (Å²) in [5.41, 5.74) is 5.22. The zero-order valence-electron chi connectivity index (χ0n) is 9.64. The molecule has 0 aliphatic rings. The van der Waals surface area contributed by atoms with E-state index in [9.17, 15) is 13.2 Å². The molecule has 1 atom stereocenters. The Balaban J connectivity index is 4.55. The van der Waals surface area contributed by atoms with Crippen molar-refractivity contribution in [1.82, 2.24) is 4.90 Å². The highest BCUT2D eigenvalue weighted by Crippen LogP contribution is 2.27. The Morgan fingerprint density at radius 3 is 2.07 bits per heavy atom. The Kier molecular flexibility index (Phi) is 6.20. The summed E-state index contributed by atoms with van der Waals surface area (Å²) in [6.07, 6.45) is -4.20. The van der Waals surface area contributed by atoms with Crippen molar-refractivity contribution in [3.05, 3.63) is 0 Å². The average Bonchev–Trinajstić information content (AvgIpc) is 2.08. The largest absolute Gasteiger partial charge is 0.404 e. The van der Waals surface area contributed by atoms with Gasteiger partial charge in [0.15, 0.2) is 0 Å². The number of nitrogens with two attached hydrogens (primary N) is 1. The van der Waals surface area contributed by atoms with E-state index in [0.29, 0.717) is 13.1 Å². The summed E-state index contributed by atoms with van der Waals surface area (Å²) in [5, 5.41) is 0. The Labute approximate surface area is 89.6 Å². The van der Waals surface area contributed by atoms with Crippen LogP contribution in [0.3, 0.4) is 0 Å². The highest BCUT2D eigenvalue weighted by molar-refractivity contribution is 4.79. The Bertz CT molecular complexity index is 169. The summed E-state index contributed by atoms with van der Waals surface area (Å²) in [5.74, 6) is 0.229. The molecule has 2 nitrogen and oxygen atoms in total. The minimum Gasteiger partial charge on any atom is -0.330 e. The molecule has 0 aromatic rings. The molecule has 0 aromatic heterocycles. The quantitative estimate of drug-likeness (QED) is 0.752. The summed E-state index contributed by atoms with van der Waals surface area (Å²) < 4.78 is 38.1. The molecular formula is C10H21F3N2. The number of hydrogen-bond donors (Lipinski definition) is 1. The van der Waals surface area contributed by atoms with Gasteiger partial charge in [0.1, 0.15) is 6.04 Å². The van der Waals surface area contributed by atoms with Crippen LogP contribution in [0, 0.1) is 5.92 Å². The third kappa shape index (κ3) is 5.37. The Morgan fingerprint density at radius 1 is 1.27 bits per heavy atom. The zero-order valence-corrected chi connectivity index (χ0v) is 9.64.